The highest BCUT2D eigenvalue weighted by Gasteiger charge is 2.73. The van der Waals surface area contributed by atoms with E-state index in [0.29, 0.717) is 24.9 Å². The number of ether oxygens (including phenoxy) is 9. The molecule has 0 bridgehead atoms. The van der Waals surface area contributed by atoms with Crippen LogP contribution in [-0.4, -0.2) is 127 Å². The van der Waals surface area contributed by atoms with E-state index >= 15 is 0 Å². The minimum atomic E-state index is -0.879. The van der Waals surface area contributed by atoms with Gasteiger partial charge in [-0.1, -0.05) is 84.1 Å². The predicted molar refractivity (Wildman–Crippen MR) is 254 cm³/mol. The van der Waals surface area contributed by atoms with E-state index in [1.165, 1.54) is 56.4 Å². The van der Waals surface area contributed by atoms with Crippen LogP contribution in [0, 0.1) is 33.8 Å². The number of methoxy groups -OCH3 is 2. The summed E-state index contributed by atoms with van der Waals surface area (Å²) in [5, 5.41) is 11.0. The molecule has 67 heavy (non-hydrogen) atoms. The number of epoxide rings is 4. The lowest BCUT2D eigenvalue weighted by Gasteiger charge is -2.42. The summed E-state index contributed by atoms with van der Waals surface area (Å²) in [7, 11) is 3.31. The van der Waals surface area contributed by atoms with Gasteiger partial charge in [0.15, 0.2) is 0 Å². The second-order valence-electron chi connectivity index (χ2n) is 20.1. The number of hydrogen-bond acceptors (Lipinski definition) is 13. The van der Waals surface area contributed by atoms with E-state index in [-0.39, 0.29) is 75.9 Å². The highest BCUT2D eigenvalue weighted by molar-refractivity contribution is 6.40. The molecular weight excluding hydrogens is 907 g/mol. The molecule has 2 spiro atoms. The van der Waals surface area contributed by atoms with Crippen molar-refractivity contribution in [2.75, 3.05) is 45.9 Å². The number of rotatable bonds is 12. The molecule has 1 aromatic rings. The largest absolute Gasteiger partial charge is 0.514 e. The molecule has 1 amide bonds. The molecule has 0 aromatic heterocycles. The van der Waals surface area contributed by atoms with Crippen molar-refractivity contribution in [1.82, 2.24) is 4.90 Å². The summed E-state index contributed by atoms with van der Waals surface area (Å²) in [6.07, 6.45) is 18.7. The highest BCUT2D eigenvalue weighted by atomic mass is 35.5. The maximum atomic E-state index is 12.5. The number of nitro groups is 1. The van der Waals surface area contributed by atoms with E-state index in [0.717, 1.165) is 51.8 Å². The summed E-state index contributed by atoms with van der Waals surface area (Å²) in [4.78, 5) is 37.0. The molecule has 15 nitrogen and oxygen atoms in total. The maximum Gasteiger partial charge on any atom is 0.514 e. The Morgan fingerprint density at radius 1 is 0.761 bits per heavy atom. The van der Waals surface area contributed by atoms with E-state index < -0.39 is 28.9 Å². The minimum absolute atomic E-state index is 0.0422. The van der Waals surface area contributed by atoms with Gasteiger partial charge >= 0.3 is 12.2 Å². The summed E-state index contributed by atoms with van der Waals surface area (Å²) in [5.41, 5.74) is -1.40. The quantitative estimate of drug-likeness (QED) is 0.0368. The van der Waals surface area contributed by atoms with Gasteiger partial charge in [-0.3, -0.25) is 10.1 Å². The van der Waals surface area contributed by atoms with Crippen LogP contribution in [0.4, 0.5) is 15.3 Å². The number of carbonyl (C=O) groups is 2. The third kappa shape index (κ3) is 13.2. The van der Waals surface area contributed by atoms with Gasteiger partial charge in [-0.25, -0.2) is 9.59 Å². The van der Waals surface area contributed by atoms with Crippen LogP contribution in [-0.2, 0) is 37.9 Å². The smallest absolute Gasteiger partial charge is 0.443 e. The number of nitrogens with zero attached hydrogens (tertiary/aromatic N) is 2. The van der Waals surface area contributed by atoms with Crippen molar-refractivity contribution in [1.29, 1.82) is 0 Å². The molecule has 3 aliphatic carbocycles. The third-order valence-electron chi connectivity index (χ3n) is 14.5. The maximum absolute atomic E-state index is 12.5. The zero-order valence-electron chi connectivity index (χ0n) is 40.7. The van der Waals surface area contributed by atoms with Crippen molar-refractivity contribution in [3.63, 3.8) is 0 Å². The molecule has 8 fully saturated rings. The Balaban J connectivity index is 0.000000192. The van der Waals surface area contributed by atoms with E-state index in [1.54, 1.807) is 14.2 Å². The first-order valence-electron chi connectivity index (χ1n) is 24.3. The second-order valence-corrected chi connectivity index (χ2v) is 20.9. The number of likely N-dealkylation sites (tertiary alicyclic amines) is 1. The number of allylic oxidation sites excluding steroid dienone is 2. The van der Waals surface area contributed by atoms with Gasteiger partial charge < -0.3 is 47.5 Å². The van der Waals surface area contributed by atoms with Crippen molar-refractivity contribution in [2.24, 2.45) is 23.7 Å². The van der Waals surface area contributed by atoms with Crippen LogP contribution in [0.5, 0.6) is 5.75 Å². The third-order valence-corrected chi connectivity index (χ3v) is 14.5. The molecule has 2 unspecified atom stereocenters. The number of carbonyl (C=O) groups excluding carboxylic acids is 2. The lowest BCUT2D eigenvalue weighted by molar-refractivity contribution is -0.384. The van der Waals surface area contributed by atoms with Gasteiger partial charge in [0.2, 0.25) is 0 Å². The number of benzene rings is 1. The van der Waals surface area contributed by atoms with Gasteiger partial charge in [0.1, 0.15) is 64.8 Å². The number of non-ortho nitro benzene ring substituents is 1. The fraction of sp³-hybridized carbons (Fsp3) is 0.760. The Morgan fingerprint density at radius 2 is 1.18 bits per heavy atom. The first kappa shape index (κ1) is 53.3. The molecule has 376 valence electrons. The van der Waals surface area contributed by atoms with Crippen molar-refractivity contribution in [3.8, 4) is 5.75 Å². The molecule has 12 atom stereocenters. The van der Waals surface area contributed by atoms with Crippen LogP contribution in [0.1, 0.15) is 112 Å². The predicted octanol–water partition coefficient (Wildman–Crippen LogP) is 10.6. The molecule has 9 rings (SSSR count). The van der Waals surface area contributed by atoms with E-state index in [9.17, 15) is 19.7 Å². The van der Waals surface area contributed by atoms with Gasteiger partial charge in [-0.2, -0.15) is 0 Å². The first-order chi connectivity index (χ1) is 32.0. The molecule has 3 saturated carbocycles. The van der Waals surface area contributed by atoms with Crippen molar-refractivity contribution >= 4 is 41.1 Å². The Hall–Kier alpha value is -3.02. The topological polar surface area (TPSA) is 177 Å². The van der Waals surface area contributed by atoms with Crippen LogP contribution < -0.4 is 4.74 Å². The van der Waals surface area contributed by atoms with Gasteiger partial charge in [0.05, 0.1) is 35.3 Å². The average molecular weight is 982 g/mol. The molecule has 0 N–H and O–H groups in total. The number of alkyl halides is 2. The lowest BCUT2D eigenvalue weighted by Crippen LogP contribution is -2.56. The zero-order valence-corrected chi connectivity index (χ0v) is 42.2. The summed E-state index contributed by atoms with van der Waals surface area (Å²) >= 11 is 9.53. The second kappa shape index (κ2) is 23.3. The average Bonchev–Trinajstić information content (AvgIpc) is 4.28. The van der Waals surface area contributed by atoms with Gasteiger partial charge in [0, 0.05) is 39.4 Å². The summed E-state index contributed by atoms with van der Waals surface area (Å²) in [6, 6.07) is 5.24. The first-order valence-corrected chi connectivity index (χ1v) is 25.3. The molecule has 5 heterocycles. The molecule has 5 saturated heterocycles. The molecule has 0 radical (unpaired) electrons. The Kier molecular flexibility index (Phi) is 18.5. The Morgan fingerprint density at radius 3 is 1.55 bits per heavy atom. The molecule has 8 aliphatic rings. The lowest BCUT2D eigenvalue weighted by atomic mass is 9.68. The normalized spacial score (nSPS) is 36.7. The molecule has 17 heteroatoms. The van der Waals surface area contributed by atoms with Crippen molar-refractivity contribution in [2.45, 2.75) is 171 Å². The molecule has 1 aromatic carbocycles. The Labute approximate surface area is 406 Å². The summed E-state index contributed by atoms with van der Waals surface area (Å²) in [5.74, 6) is 1.03. The van der Waals surface area contributed by atoms with Gasteiger partial charge in [0.25, 0.3) is 5.69 Å². The van der Waals surface area contributed by atoms with E-state index in [4.69, 9.17) is 65.8 Å². The van der Waals surface area contributed by atoms with Crippen LogP contribution in [0.25, 0.3) is 0 Å². The van der Waals surface area contributed by atoms with Crippen molar-refractivity contribution in [3.05, 3.63) is 58.7 Å². The van der Waals surface area contributed by atoms with Crippen LogP contribution in [0.2, 0.25) is 0 Å². The summed E-state index contributed by atoms with van der Waals surface area (Å²) < 4.78 is 52.6. The van der Waals surface area contributed by atoms with Gasteiger partial charge in [-0.15, -0.1) is 23.2 Å². The molecule has 5 aliphatic heterocycles. The summed E-state index contributed by atoms with van der Waals surface area (Å²) in [6.45, 7) is 15.7. The zero-order chi connectivity index (χ0) is 48.6. The monoisotopic (exact) mass is 980 g/mol. The Bertz CT molecular complexity index is 1840. The fourth-order valence-electron chi connectivity index (χ4n) is 10.8. The number of halogens is 2. The van der Waals surface area contributed by atoms with Crippen LogP contribution >= 0.6 is 23.2 Å². The number of nitro benzene ring substituents is 1. The molecular formula is C50H74Cl2N2O13. The van der Waals surface area contributed by atoms with E-state index in [2.05, 4.69) is 65.8 Å². The van der Waals surface area contributed by atoms with Crippen LogP contribution in [0.15, 0.2) is 48.6 Å². The minimum Gasteiger partial charge on any atom is -0.443 e. The van der Waals surface area contributed by atoms with E-state index in [1.807, 2.05) is 4.90 Å². The van der Waals surface area contributed by atoms with Crippen molar-refractivity contribution < 1.29 is 57.1 Å². The number of hydrogen-bond donors (Lipinski definition) is 0. The SMILES string of the molecule is C1CCCC1.CO[C@H]1C([C@@]2(C)O[C@@H]2/C=C/C(C)C)[C@]2(CC[C@H]1OC(=O)N1CCCC1)CO2.CO[C@H]1C([C@@]2(C)O[C@@H]2/C=C/C(C)C)[C@]2(CC[C@H]1OC(=O)Oc1ccc([N+](=O)[O-])cc1)CO2.ClCCl. The fourth-order valence-corrected chi connectivity index (χ4v) is 10.8. The standard InChI is InChI=1S/C23H29NO8.C21H33NO5.C5H10.CH2Cl2/c1-14(2)5-10-18-22(3,32-18)20-19(28-4)17(11-12-23(20)13-29-23)31-21(25)30-16-8-6-15(7-9-16)24(26)27;1-14(2)7-8-16-20(3,27-16)18-17(24-4)15(9-10-21(18)13-25-21)26-19(23)22-11-5-6-12-22;1-2-4-5-3-1;2-1-3/h5-10,14,17-20H,11-13H2,1-4H3;7-8,14-18H,5-6,9-13H2,1-4H3;1-5H2;1H2/b10-5+;8-7+;;/t17-,18-,19-,20?,22+,23+;15-,16-,17-,18?,20+,21+;;/m11../s1. The highest BCUT2D eigenvalue weighted by Crippen LogP contribution is 2.60. The van der Waals surface area contributed by atoms with Crippen LogP contribution in [0.3, 0.4) is 0 Å². The number of amides is 1. The van der Waals surface area contributed by atoms with Gasteiger partial charge in [-0.05, 0) is 76.3 Å².